The van der Waals surface area contributed by atoms with Crippen LogP contribution >= 0.6 is 11.6 Å². The molecule has 0 spiro atoms. The van der Waals surface area contributed by atoms with Gasteiger partial charge in [0.2, 0.25) is 0 Å². The average molecular weight is 254 g/mol. The number of rotatable bonds is 4. The van der Waals surface area contributed by atoms with Crippen molar-refractivity contribution in [2.24, 2.45) is 0 Å². The number of nitrogens with zero attached hydrogens (tertiary/aromatic N) is 1. The minimum atomic E-state index is -0.225. The van der Waals surface area contributed by atoms with E-state index in [9.17, 15) is 4.79 Å². The summed E-state index contributed by atoms with van der Waals surface area (Å²) in [5.74, 6) is 0.0694. The Morgan fingerprint density at radius 2 is 2.29 bits per heavy atom. The Hall–Kier alpha value is -1.06. The van der Waals surface area contributed by atoms with Gasteiger partial charge in [-0.15, -0.1) is 0 Å². The molecule has 1 saturated heterocycles. The zero-order valence-electron chi connectivity index (χ0n) is 10.0. The average Bonchev–Trinajstić information content (AvgIpc) is 3.08. The van der Waals surface area contributed by atoms with E-state index in [4.69, 9.17) is 16.3 Å². The SMILES string of the molecule is CC(C)N(Cc1cccc(Cl)c1)C(=O)C1CO1. The number of carbonyl (C=O) groups is 1. The highest BCUT2D eigenvalue weighted by atomic mass is 35.5. The second-order valence-electron chi connectivity index (χ2n) is 4.51. The minimum Gasteiger partial charge on any atom is -0.363 e. The Morgan fingerprint density at radius 3 is 2.82 bits per heavy atom. The lowest BCUT2D eigenvalue weighted by molar-refractivity contribution is -0.134. The smallest absolute Gasteiger partial charge is 0.254 e. The minimum absolute atomic E-state index is 0.0694. The first-order chi connectivity index (χ1) is 8.08. The molecule has 0 bridgehead atoms. The second-order valence-corrected chi connectivity index (χ2v) is 4.95. The maximum absolute atomic E-state index is 12.0. The number of amides is 1. The zero-order valence-corrected chi connectivity index (χ0v) is 10.8. The lowest BCUT2D eigenvalue weighted by Crippen LogP contribution is -2.39. The number of hydrogen-bond donors (Lipinski definition) is 0. The van der Waals surface area contributed by atoms with Gasteiger partial charge in [-0.1, -0.05) is 23.7 Å². The number of halogens is 1. The van der Waals surface area contributed by atoms with Crippen LogP contribution in [0.3, 0.4) is 0 Å². The summed E-state index contributed by atoms with van der Waals surface area (Å²) in [6, 6.07) is 7.75. The van der Waals surface area contributed by atoms with Crippen LogP contribution < -0.4 is 0 Å². The number of hydrogen-bond acceptors (Lipinski definition) is 2. The summed E-state index contributed by atoms with van der Waals surface area (Å²) < 4.78 is 5.05. The summed E-state index contributed by atoms with van der Waals surface area (Å²) in [5.41, 5.74) is 1.04. The molecular formula is C13H16ClNO2. The van der Waals surface area contributed by atoms with Crippen molar-refractivity contribution in [3.8, 4) is 0 Å². The third kappa shape index (κ3) is 3.20. The monoisotopic (exact) mass is 253 g/mol. The summed E-state index contributed by atoms with van der Waals surface area (Å²) in [4.78, 5) is 13.8. The van der Waals surface area contributed by atoms with Crippen LogP contribution in [0, 0.1) is 0 Å². The summed E-state index contributed by atoms with van der Waals surface area (Å²) in [6.07, 6.45) is -0.225. The Labute approximate surface area is 106 Å². The first-order valence-electron chi connectivity index (χ1n) is 5.74. The fourth-order valence-electron chi connectivity index (χ4n) is 1.72. The standard InChI is InChI=1S/C13H16ClNO2/c1-9(2)15(13(16)12-8-17-12)7-10-4-3-5-11(14)6-10/h3-6,9,12H,7-8H2,1-2H3. The van der Waals surface area contributed by atoms with E-state index in [1.807, 2.05) is 43.0 Å². The largest absolute Gasteiger partial charge is 0.363 e. The molecule has 0 radical (unpaired) electrons. The van der Waals surface area contributed by atoms with Gasteiger partial charge in [0, 0.05) is 17.6 Å². The zero-order chi connectivity index (χ0) is 12.4. The van der Waals surface area contributed by atoms with Crippen molar-refractivity contribution in [1.82, 2.24) is 4.90 Å². The van der Waals surface area contributed by atoms with Crippen LogP contribution in [0.15, 0.2) is 24.3 Å². The fourth-order valence-corrected chi connectivity index (χ4v) is 1.94. The molecule has 92 valence electrons. The topological polar surface area (TPSA) is 32.8 Å². The molecule has 1 amide bonds. The molecule has 4 heteroatoms. The molecule has 1 aromatic carbocycles. The molecule has 1 unspecified atom stereocenters. The third-order valence-electron chi connectivity index (χ3n) is 2.76. The van der Waals surface area contributed by atoms with Gasteiger partial charge in [-0.05, 0) is 31.5 Å². The van der Waals surface area contributed by atoms with E-state index in [1.54, 1.807) is 0 Å². The molecule has 1 aromatic rings. The van der Waals surface area contributed by atoms with Gasteiger partial charge in [-0.2, -0.15) is 0 Å². The molecule has 2 rings (SSSR count). The molecule has 17 heavy (non-hydrogen) atoms. The summed E-state index contributed by atoms with van der Waals surface area (Å²) in [5, 5.41) is 0.696. The quantitative estimate of drug-likeness (QED) is 0.773. The molecule has 1 fully saturated rings. The van der Waals surface area contributed by atoms with Crippen LogP contribution in [-0.2, 0) is 16.1 Å². The van der Waals surface area contributed by atoms with Gasteiger partial charge >= 0.3 is 0 Å². The lowest BCUT2D eigenvalue weighted by Gasteiger charge is -2.26. The molecule has 0 saturated carbocycles. The van der Waals surface area contributed by atoms with Crippen LogP contribution in [0.2, 0.25) is 5.02 Å². The van der Waals surface area contributed by atoms with Crippen LogP contribution in [0.5, 0.6) is 0 Å². The number of ether oxygens (including phenoxy) is 1. The van der Waals surface area contributed by atoms with Crippen LogP contribution in [0.1, 0.15) is 19.4 Å². The van der Waals surface area contributed by atoms with Gasteiger partial charge < -0.3 is 9.64 Å². The maximum atomic E-state index is 12.0. The number of carbonyl (C=O) groups excluding carboxylic acids is 1. The van der Waals surface area contributed by atoms with E-state index in [-0.39, 0.29) is 18.1 Å². The Balaban J connectivity index is 2.09. The molecule has 1 aliphatic heterocycles. The van der Waals surface area contributed by atoms with Gasteiger partial charge in [-0.25, -0.2) is 0 Å². The third-order valence-corrected chi connectivity index (χ3v) is 2.99. The molecule has 1 heterocycles. The van der Waals surface area contributed by atoms with Crippen LogP contribution in [0.25, 0.3) is 0 Å². The van der Waals surface area contributed by atoms with Gasteiger partial charge in [0.15, 0.2) is 6.10 Å². The molecule has 1 atom stereocenters. The van der Waals surface area contributed by atoms with Crippen molar-refractivity contribution < 1.29 is 9.53 Å². The van der Waals surface area contributed by atoms with Crippen molar-refractivity contribution in [1.29, 1.82) is 0 Å². The highest BCUT2D eigenvalue weighted by molar-refractivity contribution is 6.30. The van der Waals surface area contributed by atoms with Crippen molar-refractivity contribution in [2.75, 3.05) is 6.61 Å². The van der Waals surface area contributed by atoms with Gasteiger partial charge in [-0.3, -0.25) is 4.79 Å². The fraction of sp³-hybridized carbons (Fsp3) is 0.462. The van der Waals surface area contributed by atoms with Crippen LogP contribution in [0.4, 0.5) is 0 Å². The number of benzene rings is 1. The Kier molecular flexibility index (Phi) is 3.69. The van der Waals surface area contributed by atoms with Crippen molar-refractivity contribution >= 4 is 17.5 Å². The molecule has 1 aliphatic rings. The maximum Gasteiger partial charge on any atom is 0.254 e. The van der Waals surface area contributed by atoms with Crippen molar-refractivity contribution in [3.05, 3.63) is 34.9 Å². The first kappa shape index (κ1) is 12.4. The summed E-state index contributed by atoms with van der Waals surface area (Å²) in [6.45, 7) is 5.14. The lowest BCUT2D eigenvalue weighted by atomic mass is 10.2. The van der Waals surface area contributed by atoms with E-state index in [0.717, 1.165) is 5.56 Å². The first-order valence-corrected chi connectivity index (χ1v) is 6.12. The van der Waals surface area contributed by atoms with Gasteiger partial charge in [0.1, 0.15) is 0 Å². The summed E-state index contributed by atoms with van der Waals surface area (Å²) in [7, 11) is 0. The molecule has 0 N–H and O–H groups in total. The Morgan fingerprint density at radius 1 is 1.59 bits per heavy atom. The second kappa shape index (κ2) is 5.07. The molecule has 3 nitrogen and oxygen atoms in total. The predicted molar refractivity (Wildman–Crippen MR) is 66.9 cm³/mol. The molecular weight excluding hydrogens is 238 g/mol. The Bertz CT molecular complexity index is 416. The number of epoxide rings is 1. The summed E-state index contributed by atoms with van der Waals surface area (Å²) >= 11 is 5.93. The van der Waals surface area contributed by atoms with Gasteiger partial charge in [0.05, 0.1) is 6.61 Å². The highest BCUT2D eigenvalue weighted by Gasteiger charge is 2.35. The van der Waals surface area contributed by atoms with E-state index >= 15 is 0 Å². The van der Waals surface area contributed by atoms with E-state index in [0.29, 0.717) is 18.2 Å². The van der Waals surface area contributed by atoms with Crippen molar-refractivity contribution in [3.63, 3.8) is 0 Å². The van der Waals surface area contributed by atoms with Crippen LogP contribution in [-0.4, -0.2) is 29.6 Å². The molecule has 0 aromatic heterocycles. The van der Waals surface area contributed by atoms with E-state index < -0.39 is 0 Å². The van der Waals surface area contributed by atoms with E-state index in [1.165, 1.54) is 0 Å². The highest BCUT2D eigenvalue weighted by Crippen LogP contribution is 2.19. The predicted octanol–water partition coefficient (Wildman–Crippen LogP) is 2.48. The van der Waals surface area contributed by atoms with E-state index in [2.05, 4.69) is 0 Å². The normalized spacial score (nSPS) is 18.2. The van der Waals surface area contributed by atoms with Crippen molar-refractivity contribution in [2.45, 2.75) is 32.5 Å². The van der Waals surface area contributed by atoms with Gasteiger partial charge in [0.25, 0.3) is 5.91 Å². The molecule has 0 aliphatic carbocycles.